The summed E-state index contributed by atoms with van der Waals surface area (Å²) >= 11 is 0. The molecular formula is C18H32N4O4S. The van der Waals surface area contributed by atoms with Crippen molar-refractivity contribution in [3.05, 3.63) is 17.0 Å². The number of hydrogen-bond donors (Lipinski definition) is 2. The lowest BCUT2D eigenvalue weighted by atomic mass is 9.99. The largest absolute Gasteiger partial charge is 0.381 e. The summed E-state index contributed by atoms with van der Waals surface area (Å²) in [5, 5.41) is 10.5. The second kappa shape index (κ2) is 9.54. The Hall–Kier alpha value is -1.61. The number of aromatic nitrogens is 1. The number of hydrogen-bond acceptors (Lipinski definition) is 6. The lowest BCUT2D eigenvalue weighted by Gasteiger charge is -2.35. The molecule has 1 aromatic rings. The van der Waals surface area contributed by atoms with Gasteiger partial charge >= 0.3 is 0 Å². The van der Waals surface area contributed by atoms with E-state index in [0.29, 0.717) is 51.6 Å². The highest BCUT2D eigenvalue weighted by molar-refractivity contribution is 7.92. The van der Waals surface area contributed by atoms with Crippen molar-refractivity contribution in [2.24, 2.45) is 4.99 Å². The quantitative estimate of drug-likeness (QED) is 0.502. The summed E-state index contributed by atoms with van der Waals surface area (Å²) in [6.45, 7) is 8.41. The molecule has 1 aromatic heterocycles. The first kappa shape index (κ1) is 21.7. The highest BCUT2D eigenvalue weighted by Gasteiger charge is 2.42. The van der Waals surface area contributed by atoms with E-state index in [1.54, 1.807) is 0 Å². The minimum atomic E-state index is -3.23. The fourth-order valence-electron chi connectivity index (χ4n) is 3.28. The van der Waals surface area contributed by atoms with Crippen molar-refractivity contribution in [2.45, 2.75) is 57.7 Å². The standard InChI is InChI=1S/C18H32N4O4S/c1-5-15-14(16(6-2)26-22-15)12-20-17(19-7-3)21-13-18(27(4,23)24)8-10-25-11-9-18/h5-13H2,1-4H3,(H2,19,20,21). The normalized spacial score (nSPS) is 17.7. The van der Waals surface area contributed by atoms with Crippen LogP contribution in [0.1, 0.15) is 50.6 Å². The molecule has 0 bridgehead atoms. The molecule has 1 aliphatic rings. The van der Waals surface area contributed by atoms with Crippen LogP contribution in [0.5, 0.6) is 0 Å². The first-order chi connectivity index (χ1) is 12.9. The minimum Gasteiger partial charge on any atom is -0.381 e. The highest BCUT2D eigenvalue weighted by Crippen LogP contribution is 2.28. The maximum atomic E-state index is 12.4. The Balaban J connectivity index is 2.15. The van der Waals surface area contributed by atoms with E-state index >= 15 is 0 Å². The summed E-state index contributed by atoms with van der Waals surface area (Å²) in [6.07, 6.45) is 3.84. The molecule has 2 N–H and O–H groups in total. The zero-order valence-electron chi connectivity index (χ0n) is 16.8. The number of rotatable bonds is 8. The van der Waals surface area contributed by atoms with Crippen molar-refractivity contribution < 1.29 is 17.7 Å². The van der Waals surface area contributed by atoms with Crippen LogP contribution in [0.15, 0.2) is 9.52 Å². The number of aliphatic imine (C=N–C) groups is 1. The van der Waals surface area contributed by atoms with E-state index in [9.17, 15) is 8.42 Å². The Morgan fingerprint density at radius 1 is 1.19 bits per heavy atom. The molecule has 1 saturated heterocycles. The third-order valence-electron chi connectivity index (χ3n) is 5.12. The van der Waals surface area contributed by atoms with Crippen LogP contribution >= 0.6 is 0 Å². The van der Waals surface area contributed by atoms with Crippen molar-refractivity contribution in [1.82, 2.24) is 15.8 Å². The molecule has 0 aliphatic carbocycles. The Bertz CT molecular complexity index is 715. The Kier molecular flexibility index (Phi) is 7.67. The first-order valence-corrected chi connectivity index (χ1v) is 11.5. The number of ether oxygens (including phenoxy) is 1. The summed E-state index contributed by atoms with van der Waals surface area (Å²) in [5.74, 6) is 1.45. The molecule has 0 radical (unpaired) electrons. The molecule has 0 atom stereocenters. The molecule has 8 nitrogen and oxygen atoms in total. The fraction of sp³-hybridized carbons (Fsp3) is 0.778. The zero-order chi connectivity index (χ0) is 19.9. The third kappa shape index (κ3) is 5.22. The molecule has 154 valence electrons. The topological polar surface area (TPSA) is 106 Å². The van der Waals surface area contributed by atoms with Gasteiger partial charge < -0.3 is 19.9 Å². The van der Waals surface area contributed by atoms with Crippen LogP contribution in [0.25, 0.3) is 0 Å². The van der Waals surface area contributed by atoms with Crippen LogP contribution in [0, 0.1) is 0 Å². The van der Waals surface area contributed by atoms with Gasteiger partial charge in [0.15, 0.2) is 15.8 Å². The highest BCUT2D eigenvalue weighted by atomic mass is 32.2. The molecule has 27 heavy (non-hydrogen) atoms. The molecule has 0 aromatic carbocycles. The average molecular weight is 401 g/mol. The molecule has 0 saturated carbocycles. The second-order valence-corrected chi connectivity index (χ2v) is 9.26. The Morgan fingerprint density at radius 2 is 1.89 bits per heavy atom. The molecule has 1 aliphatic heterocycles. The van der Waals surface area contributed by atoms with Crippen LogP contribution in [0.4, 0.5) is 0 Å². The van der Waals surface area contributed by atoms with Gasteiger partial charge in [-0.1, -0.05) is 19.0 Å². The van der Waals surface area contributed by atoms with E-state index < -0.39 is 14.6 Å². The van der Waals surface area contributed by atoms with Gasteiger partial charge in [-0.25, -0.2) is 13.4 Å². The smallest absolute Gasteiger partial charge is 0.191 e. The fourth-order valence-corrected chi connectivity index (χ4v) is 4.53. The van der Waals surface area contributed by atoms with Gasteiger partial charge in [0, 0.05) is 44.5 Å². The van der Waals surface area contributed by atoms with Crippen molar-refractivity contribution in [3.63, 3.8) is 0 Å². The van der Waals surface area contributed by atoms with E-state index in [-0.39, 0.29) is 0 Å². The summed E-state index contributed by atoms with van der Waals surface area (Å²) in [5.41, 5.74) is 1.93. The lowest BCUT2D eigenvalue weighted by molar-refractivity contribution is 0.0756. The molecule has 0 amide bonds. The molecule has 2 rings (SSSR count). The van der Waals surface area contributed by atoms with Crippen LogP contribution in [0.3, 0.4) is 0 Å². The van der Waals surface area contributed by atoms with Crippen LogP contribution in [-0.2, 0) is 34.0 Å². The number of guanidine groups is 1. The number of nitrogens with one attached hydrogen (secondary N) is 2. The SMILES string of the molecule is CCNC(=NCc1c(CC)noc1CC)NCC1(S(C)(=O)=O)CCOCC1. The van der Waals surface area contributed by atoms with Crippen LogP contribution in [-0.4, -0.2) is 56.8 Å². The maximum Gasteiger partial charge on any atom is 0.191 e. The Labute approximate surface area is 162 Å². The van der Waals surface area contributed by atoms with Crippen molar-refractivity contribution in [3.8, 4) is 0 Å². The molecule has 0 unspecified atom stereocenters. The lowest BCUT2D eigenvalue weighted by Crippen LogP contribution is -2.53. The minimum absolute atomic E-state index is 0.311. The molecule has 2 heterocycles. The first-order valence-electron chi connectivity index (χ1n) is 9.62. The van der Waals surface area contributed by atoms with Gasteiger partial charge in [0.2, 0.25) is 0 Å². The molecule has 1 fully saturated rings. The molecule has 9 heteroatoms. The number of aryl methyl sites for hydroxylation is 2. The third-order valence-corrected chi connectivity index (χ3v) is 7.24. The zero-order valence-corrected chi connectivity index (χ0v) is 17.6. The van der Waals surface area contributed by atoms with Crippen molar-refractivity contribution >= 4 is 15.8 Å². The maximum absolute atomic E-state index is 12.4. The van der Waals surface area contributed by atoms with Crippen LogP contribution in [0.2, 0.25) is 0 Å². The average Bonchev–Trinajstić information content (AvgIpc) is 3.06. The second-order valence-electron chi connectivity index (χ2n) is 6.85. The predicted molar refractivity (Wildman–Crippen MR) is 106 cm³/mol. The van der Waals surface area contributed by atoms with Gasteiger partial charge in [0.1, 0.15) is 5.76 Å². The van der Waals surface area contributed by atoms with E-state index in [0.717, 1.165) is 29.9 Å². The van der Waals surface area contributed by atoms with Gasteiger partial charge in [0.05, 0.1) is 17.0 Å². The van der Waals surface area contributed by atoms with Crippen molar-refractivity contribution in [1.29, 1.82) is 0 Å². The van der Waals surface area contributed by atoms with Crippen molar-refractivity contribution in [2.75, 3.05) is 32.6 Å². The van der Waals surface area contributed by atoms with Gasteiger partial charge in [-0.3, -0.25) is 0 Å². The summed E-state index contributed by atoms with van der Waals surface area (Å²) in [4.78, 5) is 4.64. The van der Waals surface area contributed by atoms with E-state index in [4.69, 9.17) is 9.26 Å². The van der Waals surface area contributed by atoms with E-state index in [2.05, 4.69) is 20.8 Å². The van der Waals surface area contributed by atoms with Gasteiger partial charge in [-0.15, -0.1) is 0 Å². The van der Waals surface area contributed by atoms with Gasteiger partial charge in [-0.05, 0) is 26.2 Å². The molecular weight excluding hydrogens is 368 g/mol. The van der Waals surface area contributed by atoms with E-state index in [1.807, 2.05) is 20.8 Å². The monoisotopic (exact) mass is 400 g/mol. The number of nitrogens with zero attached hydrogens (tertiary/aromatic N) is 2. The summed E-state index contributed by atoms with van der Waals surface area (Å²) in [6, 6.07) is 0. The van der Waals surface area contributed by atoms with E-state index in [1.165, 1.54) is 6.26 Å². The van der Waals surface area contributed by atoms with Gasteiger partial charge in [0.25, 0.3) is 0 Å². The molecule has 0 spiro atoms. The van der Waals surface area contributed by atoms with Gasteiger partial charge in [-0.2, -0.15) is 0 Å². The summed E-state index contributed by atoms with van der Waals surface area (Å²) < 4.78 is 34.8. The summed E-state index contributed by atoms with van der Waals surface area (Å²) in [7, 11) is -3.23. The predicted octanol–water partition coefficient (Wildman–Crippen LogP) is 1.45. The van der Waals surface area contributed by atoms with Crippen LogP contribution < -0.4 is 10.6 Å². The Morgan fingerprint density at radius 3 is 2.44 bits per heavy atom. The number of sulfone groups is 1.